The fourth-order valence-corrected chi connectivity index (χ4v) is 5.40. The molecule has 0 spiro atoms. The summed E-state index contributed by atoms with van der Waals surface area (Å²) in [6, 6.07) is 13.6. The van der Waals surface area contributed by atoms with E-state index in [9.17, 15) is 13.2 Å². The van der Waals surface area contributed by atoms with Crippen LogP contribution in [0.2, 0.25) is 5.02 Å². The van der Waals surface area contributed by atoms with Crippen LogP contribution in [0.15, 0.2) is 53.4 Å². The van der Waals surface area contributed by atoms with Crippen LogP contribution in [0.4, 0.5) is 0 Å². The van der Waals surface area contributed by atoms with E-state index in [-0.39, 0.29) is 16.8 Å². The number of halogens is 1. The van der Waals surface area contributed by atoms with Crippen LogP contribution in [0.3, 0.4) is 0 Å². The van der Waals surface area contributed by atoms with Crippen LogP contribution < -0.4 is 0 Å². The topological polar surface area (TPSA) is 57.7 Å². The van der Waals surface area contributed by atoms with Gasteiger partial charge in [-0.05, 0) is 55.7 Å². The van der Waals surface area contributed by atoms with E-state index in [1.54, 1.807) is 34.5 Å². The molecule has 0 radical (unpaired) electrons. The molecule has 1 fully saturated rings. The smallest absolute Gasteiger partial charge is 0.253 e. The molecule has 1 aliphatic rings. The quantitative estimate of drug-likeness (QED) is 0.729. The van der Waals surface area contributed by atoms with Gasteiger partial charge in [0.15, 0.2) is 0 Å². The summed E-state index contributed by atoms with van der Waals surface area (Å²) in [4.78, 5) is 14.5. The van der Waals surface area contributed by atoms with E-state index in [1.165, 1.54) is 12.1 Å². The maximum atomic E-state index is 12.9. The third kappa shape index (κ3) is 4.40. The SMILES string of the molecule is CC1CCCCN1S(=O)(=O)c1ccc(C(=O)N(C)Cc2ccccc2Cl)cc1. The Hall–Kier alpha value is -1.89. The molecule has 1 heterocycles. The summed E-state index contributed by atoms with van der Waals surface area (Å²) in [5, 5.41) is 0.610. The molecule has 1 amide bonds. The van der Waals surface area contributed by atoms with Gasteiger partial charge in [0.25, 0.3) is 5.91 Å². The summed E-state index contributed by atoms with van der Waals surface area (Å²) >= 11 is 6.17. The molecule has 0 saturated carbocycles. The first-order valence-corrected chi connectivity index (χ1v) is 11.2. The van der Waals surface area contributed by atoms with E-state index in [1.807, 2.05) is 25.1 Å². The van der Waals surface area contributed by atoms with Crippen LogP contribution >= 0.6 is 11.6 Å². The molecule has 0 bridgehead atoms. The van der Waals surface area contributed by atoms with E-state index in [2.05, 4.69) is 0 Å². The van der Waals surface area contributed by atoms with Gasteiger partial charge in [0.2, 0.25) is 10.0 Å². The van der Waals surface area contributed by atoms with Crippen LogP contribution in [0.5, 0.6) is 0 Å². The van der Waals surface area contributed by atoms with Gasteiger partial charge >= 0.3 is 0 Å². The highest BCUT2D eigenvalue weighted by Crippen LogP contribution is 2.25. The van der Waals surface area contributed by atoms with E-state index in [4.69, 9.17) is 11.6 Å². The Morgan fingerprint density at radius 3 is 2.46 bits per heavy atom. The van der Waals surface area contributed by atoms with Crippen molar-refractivity contribution in [3.05, 3.63) is 64.7 Å². The standard InChI is InChI=1S/C21H25ClN2O3S/c1-16-7-5-6-14-24(16)28(26,27)19-12-10-17(11-13-19)21(25)23(2)15-18-8-3-4-9-20(18)22/h3-4,8-13,16H,5-7,14-15H2,1-2H3. The summed E-state index contributed by atoms with van der Waals surface area (Å²) < 4.78 is 27.4. The molecular formula is C21H25ClN2O3S. The Morgan fingerprint density at radius 2 is 1.82 bits per heavy atom. The molecule has 28 heavy (non-hydrogen) atoms. The molecule has 150 valence electrons. The van der Waals surface area contributed by atoms with Gasteiger partial charge in [-0.15, -0.1) is 0 Å². The number of carbonyl (C=O) groups excluding carboxylic acids is 1. The highest BCUT2D eigenvalue weighted by molar-refractivity contribution is 7.89. The predicted molar refractivity (Wildman–Crippen MR) is 111 cm³/mol. The third-order valence-electron chi connectivity index (χ3n) is 5.16. The average Bonchev–Trinajstić information content (AvgIpc) is 2.69. The van der Waals surface area contributed by atoms with Crippen LogP contribution in [-0.4, -0.2) is 43.2 Å². The van der Waals surface area contributed by atoms with Gasteiger partial charge in [-0.25, -0.2) is 8.42 Å². The van der Waals surface area contributed by atoms with Crippen LogP contribution in [-0.2, 0) is 16.6 Å². The zero-order valence-corrected chi connectivity index (χ0v) is 17.7. The van der Waals surface area contributed by atoms with Crippen molar-refractivity contribution in [1.29, 1.82) is 0 Å². The van der Waals surface area contributed by atoms with Crippen molar-refractivity contribution in [2.75, 3.05) is 13.6 Å². The first-order chi connectivity index (χ1) is 13.3. The number of amides is 1. The molecule has 7 heteroatoms. The number of nitrogens with zero attached hydrogens (tertiary/aromatic N) is 2. The number of sulfonamides is 1. The maximum absolute atomic E-state index is 12.9. The predicted octanol–water partition coefficient (Wildman–Crippen LogP) is 4.18. The van der Waals surface area contributed by atoms with Crippen molar-refractivity contribution in [3.8, 4) is 0 Å². The van der Waals surface area contributed by atoms with Crippen molar-refractivity contribution in [2.45, 2.75) is 43.7 Å². The number of hydrogen-bond donors (Lipinski definition) is 0. The van der Waals surface area contributed by atoms with Gasteiger partial charge in [0.1, 0.15) is 0 Å². The monoisotopic (exact) mass is 420 g/mol. The van der Waals surface area contributed by atoms with Gasteiger partial charge in [0.05, 0.1) is 4.90 Å². The summed E-state index contributed by atoms with van der Waals surface area (Å²) in [5.74, 6) is -0.185. The van der Waals surface area contributed by atoms with E-state index < -0.39 is 10.0 Å². The molecule has 1 atom stereocenters. The minimum atomic E-state index is -3.54. The minimum Gasteiger partial charge on any atom is -0.337 e. The number of piperidine rings is 1. The van der Waals surface area contributed by atoms with Gasteiger partial charge in [-0.1, -0.05) is 36.2 Å². The van der Waals surface area contributed by atoms with E-state index >= 15 is 0 Å². The lowest BCUT2D eigenvalue weighted by atomic mass is 10.1. The van der Waals surface area contributed by atoms with Gasteiger partial charge < -0.3 is 4.90 Å². The number of hydrogen-bond acceptors (Lipinski definition) is 3. The first-order valence-electron chi connectivity index (χ1n) is 9.41. The lowest BCUT2D eigenvalue weighted by molar-refractivity contribution is 0.0785. The molecular weight excluding hydrogens is 396 g/mol. The summed E-state index contributed by atoms with van der Waals surface area (Å²) in [5.41, 5.74) is 1.30. The van der Waals surface area contributed by atoms with Crippen molar-refractivity contribution in [1.82, 2.24) is 9.21 Å². The molecule has 0 aromatic heterocycles. The normalized spacial score (nSPS) is 18.0. The lowest BCUT2D eigenvalue weighted by Gasteiger charge is -2.32. The van der Waals surface area contributed by atoms with Crippen molar-refractivity contribution in [3.63, 3.8) is 0 Å². The molecule has 0 N–H and O–H groups in total. The molecule has 2 aromatic rings. The summed E-state index contributed by atoms with van der Waals surface area (Å²) in [6.07, 6.45) is 2.81. The molecule has 0 aliphatic carbocycles. The fraction of sp³-hybridized carbons (Fsp3) is 0.381. The van der Waals surface area contributed by atoms with Crippen molar-refractivity contribution in [2.24, 2.45) is 0 Å². The first kappa shape index (κ1) is 20.8. The number of carbonyl (C=O) groups is 1. The average molecular weight is 421 g/mol. The Labute approximate surface area is 172 Å². The van der Waals surface area contributed by atoms with Crippen LogP contribution in [0, 0.1) is 0 Å². The second-order valence-electron chi connectivity index (χ2n) is 7.24. The molecule has 5 nitrogen and oxygen atoms in total. The summed E-state index contributed by atoms with van der Waals surface area (Å²) in [7, 11) is -1.84. The summed E-state index contributed by atoms with van der Waals surface area (Å²) in [6.45, 7) is 2.87. The number of rotatable bonds is 5. The Kier molecular flexibility index (Phi) is 6.43. The lowest BCUT2D eigenvalue weighted by Crippen LogP contribution is -2.41. The van der Waals surface area contributed by atoms with E-state index in [0.717, 1.165) is 24.8 Å². The number of benzene rings is 2. The highest BCUT2D eigenvalue weighted by Gasteiger charge is 2.31. The fourth-order valence-electron chi connectivity index (χ4n) is 3.51. The second-order valence-corrected chi connectivity index (χ2v) is 9.54. The van der Waals surface area contributed by atoms with E-state index in [0.29, 0.717) is 23.7 Å². The third-order valence-corrected chi connectivity index (χ3v) is 7.56. The molecule has 2 aromatic carbocycles. The second kappa shape index (κ2) is 8.64. The molecule has 1 saturated heterocycles. The van der Waals surface area contributed by atoms with Gasteiger partial charge in [0, 0.05) is 36.8 Å². The Balaban J connectivity index is 1.74. The molecule has 1 unspecified atom stereocenters. The zero-order valence-electron chi connectivity index (χ0n) is 16.1. The van der Waals surface area contributed by atoms with Crippen molar-refractivity contribution >= 4 is 27.5 Å². The van der Waals surface area contributed by atoms with Crippen molar-refractivity contribution < 1.29 is 13.2 Å². The minimum absolute atomic E-state index is 0.00168. The molecule has 3 rings (SSSR count). The van der Waals surface area contributed by atoms with Crippen LogP contribution in [0.1, 0.15) is 42.1 Å². The zero-order chi connectivity index (χ0) is 20.3. The van der Waals surface area contributed by atoms with Gasteiger partial charge in [-0.2, -0.15) is 4.31 Å². The van der Waals surface area contributed by atoms with Gasteiger partial charge in [-0.3, -0.25) is 4.79 Å². The Bertz CT molecular complexity index is 944. The Morgan fingerprint density at radius 1 is 1.14 bits per heavy atom. The van der Waals surface area contributed by atoms with Crippen LogP contribution in [0.25, 0.3) is 0 Å². The highest BCUT2D eigenvalue weighted by atomic mass is 35.5. The largest absolute Gasteiger partial charge is 0.337 e. The molecule has 1 aliphatic heterocycles. The maximum Gasteiger partial charge on any atom is 0.253 e.